The summed E-state index contributed by atoms with van der Waals surface area (Å²) >= 11 is 0. The molecule has 0 heterocycles. The third-order valence-electron chi connectivity index (χ3n) is 2.15. The Labute approximate surface area is 86.3 Å². The Hall–Kier alpha value is -1.56. The van der Waals surface area contributed by atoms with Gasteiger partial charge in [0.05, 0.1) is 0 Å². The molecule has 0 saturated heterocycles. The number of rotatable bonds is 3. The first-order valence-corrected chi connectivity index (χ1v) is 4.79. The Morgan fingerprint density at radius 3 is 2.36 bits per heavy atom. The Balaban J connectivity index is 2.74. The summed E-state index contributed by atoms with van der Waals surface area (Å²) in [4.78, 5) is 0. The topological polar surface area (TPSA) is 0 Å². The second-order valence-corrected chi connectivity index (χ2v) is 3.26. The largest absolute Gasteiger partial charge is 0.0912 e. The molecule has 1 aromatic rings. The van der Waals surface area contributed by atoms with E-state index in [4.69, 9.17) is 0 Å². The molecule has 72 valence electrons. The van der Waals surface area contributed by atoms with E-state index in [1.54, 1.807) is 0 Å². The maximum atomic E-state index is 4.02. The van der Waals surface area contributed by atoms with E-state index >= 15 is 0 Å². The second-order valence-electron chi connectivity index (χ2n) is 3.26. The van der Waals surface area contributed by atoms with Gasteiger partial charge in [0, 0.05) is 0 Å². The predicted molar refractivity (Wildman–Crippen MR) is 64.0 cm³/mol. The zero-order valence-electron chi connectivity index (χ0n) is 8.83. The van der Waals surface area contributed by atoms with Crippen molar-refractivity contribution in [3.8, 4) is 0 Å². The highest BCUT2D eigenvalue weighted by molar-refractivity contribution is 5.72. The van der Waals surface area contributed by atoms with E-state index in [0.29, 0.717) is 0 Å². The quantitative estimate of drug-likeness (QED) is 0.617. The van der Waals surface area contributed by atoms with Gasteiger partial charge in [-0.1, -0.05) is 60.7 Å². The highest BCUT2D eigenvalue weighted by atomic mass is 14.0. The first kappa shape index (κ1) is 10.5. The van der Waals surface area contributed by atoms with Crippen molar-refractivity contribution in [2.24, 2.45) is 0 Å². The van der Waals surface area contributed by atoms with Gasteiger partial charge in [-0.25, -0.2) is 0 Å². The molecule has 0 heteroatoms. The molecule has 0 atom stereocenters. The zero-order chi connectivity index (χ0) is 10.4. The zero-order valence-corrected chi connectivity index (χ0v) is 8.83. The highest BCUT2D eigenvalue weighted by Gasteiger charge is 1.91. The third-order valence-corrected chi connectivity index (χ3v) is 2.15. The van der Waals surface area contributed by atoms with E-state index in [1.165, 1.54) is 11.1 Å². The first-order valence-electron chi connectivity index (χ1n) is 4.79. The number of benzene rings is 1. The average molecular weight is 184 g/mol. The number of allylic oxidation sites excluding steroid dienone is 5. The average Bonchev–Trinajstić information content (AvgIpc) is 2.26. The van der Waals surface area contributed by atoms with Crippen LogP contribution in [0.1, 0.15) is 19.4 Å². The summed E-state index contributed by atoms with van der Waals surface area (Å²) < 4.78 is 0. The SMILES string of the molecule is C=C(C=CC(C)=CC)c1ccccc1. The van der Waals surface area contributed by atoms with Crippen LogP contribution < -0.4 is 0 Å². The molecule has 0 radical (unpaired) electrons. The summed E-state index contributed by atoms with van der Waals surface area (Å²) in [6.07, 6.45) is 6.20. The van der Waals surface area contributed by atoms with Crippen molar-refractivity contribution in [3.05, 3.63) is 66.3 Å². The van der Waals surface area contributed by atoms with Gasteiger partial charge < -0.3 is 0 Å². The maximum Gasteiger partial charge on any atom is -0.0190 e. The van der Waals surface area contributed by atoms with Crippen LogP contribution >= 0.6 is 0 Å². The molecule has 0 unspecified atom stereocenters. The van der Waals surface area contributed by atoms with Gasteiger partial charge in [-0.15, -0.1) is 0 Å². The summed E-state index contributed by atoms with van der Waals surface area (Å²) in [6.45, 7) is 8.13. The Bertz CT molecular complexity index is 353. The van der Waals surface area contributed by atoms with Gasteiger partial charge in [-0.3, -0.25) is 0 Å². The lowest BCUT2D eigenvalue weighted by atomic mass is 10.1. The van der Waals surface area contributed by atoms with Crippen LogP contribution in [0.15, 0.2) is 60.7 Å². The third kappa shape index (κ3) is 3.06. The van der Waals surface area contributed by atoms with Crippen molar-refractivity contribution in [1.29, 1.82) is 0 Å². The van der Waals surface area contributed by atoms with Crippen LogP contribution in [-0.2, 0) is 0 Å². The van der Waals surface area contributed by atoms with Gasteiger partial charge >= 0.3 is 0 Å². The van der Waals surface area contributed by atoms with Crippen LogP contribution in [0.2, 0.25) is 0 Å². The number of hydrogen-bond acceptors (Lipinski definition) is 0. The molecular formula is C14H16. The summed E-state index contributed by atoms with van der Waals surface area (Å²) in [5.74, 6) is 0. The minimum absolute atomic E-state index is 1.05. The van der Waals surface area contributed by atoms with E-state index in [0.717, 1.165) is 5.57 Å². The van der Waals surface area contributed by atoms with Crippen LogP contribution in [0.4, 0.5) is 0 Å². The summed E-state index contributed by atoms with van der Waals surface area (Å²) in [6, 6.07) is 10.2. The highest BCUT2D eigenvalue weighted by Crippen LogP contribution is 2.13. The van der Waals surface area contributed by atoms with Crippen LogP contribution in [0.3, 0.4) is 0 Å². The molecular weight excluding hydrogens is 168 g/mol. The lowest BCUT2D eigenvalue weighted by Crippen LogP contribution is -1.77. The summed E-state index contributed by atoms with van der Waals surface area (Å²) in [5.41, 5.74) is 3.47. The van der Waals surface area contributed by atoms with Gasteiger partial charge in [0.15, 0.2) is 0 Å². The van der Waals surface area contributed by atoms with Gasteiger partial charge in [0.1, 0.15) is 0 Å². The van der Waals surface area contributed by atoms with Gasteiger partial charge in [-0.05, 0) is 25.0 Å². The lowest BCUT2D eigenvalue weighted by Gasteiger charge is -1.98. The Morgan fingerprint density at radius 2 is 1.79 bits per heavy atom. The molecule has 0 saturated carbocycles. The normalized spacial score (nSPS) is 12.0. The van der Waals surface area contributed by atoms with Gasteiger partial charge in [0.2, 0.25) is 0 Å². The summed E-state index contributed by atoms with van der Waals surface area (Å²) in [7, 11) is 0. The van der Waals surface area contributed by atoms with Crippen LogP contribution in [0.5, 0.6) is 0 Å². The van der Waals surface area contributed by atoms with Crippen molar-refractivity contribution in [1.82, 2.24) is 0 Å². The molecule has 0 nitrogen and oxygen atoms in total. The van der Waals surface area contributed by atoms with Crippen molar-refractivity contribution in [2.75, 3.05) is 0 Å². The van der Waals surface area contributed by atoms with Crippen molar-refractivity contribution < 1.29 is 0 Å². The molecule has 0 amide bonds. The molecule has 14 heavy (non-hydrogen) atoms. The number of hydrogen-bond donors (Lipinski definition) is 0. The smallest absolute Gasteiger partial charge is 0.0190 e. The molecule has 0 fully saturated rings. The van der Waals surface area contributed by atoms with Crippen LogP contribution in [-0.4, -0.2) is 0 Å². The van der Waals surface area contributed by atoms with E-state index in [9.17, 15) is 0 Å². The summed E-state index contributed by atoms with van der Waals surface area (Å²) in [5, 5.41) is 0. The van der Waals surface area contributed by atoms with Crippen LogP contribution in [0, 0.1) is 0 Å². The molecule has 0 spiro atoms. The molecule has 0 aliphatic rings. The monoisotopic (exact) mass is 184 g/mol. The molecule has 1 aromatic carbocycles. The van der Waals surface area contributed by atoms with Crippen molar-refractivity contribution in [3.63, 3.8) is 0 Å². The van der Waals surface area contributed by atoms with E-state index in [-0.39, 0.29) is 0 Å². The predicted octanol–water partition coefficient (Wildman–Crippen LogP) is 4.22. The lowest BCUT2D eigenvalue weighted by molar-refractivity contribution is 1.48. The minimum atomic E-state index is 1.05. The standard InChI is InChI=1S/C14H16/c1-4-12(2)10-11-13(3)14-8-6-5-7-9-14/h4-11H,3H2,1-2H3. The van der Waals surface area contributed by atoms with Gasteiger partial charge in [0.25, 0.3) is 0 Å². The fourth-order valence-corrected chi connectivity index (χ4v) is 1.08. The molecule has 0 bridgehead atoms. The Morgan fingerprint density at radius 1 is 1.14 bits per heavy atom. The minimum Gasteiger partial charge on any atom is -0.0912 e. The fourth-order valence-electron chi connectivity index (χ4n) is 1.08. The van der Waals surface area contributed by atoms with E-state index in [2.05, 4.69) is 37.8 Å². The molecule has 0 aliphatic heterocycles. The fraction of sp³-hybridized carbons (Fsp3) is 0.143. The van der Waals surface area contributed by atoms with Crippen LogP contribution in [0.25, 0.3) is 5.57 Å². The van der Waals surface area contributed by atoms with Crippen molar-refractivity contribution >= 4 is 5.57 Å². The maximum absolute atomic E-state index is 4.02. The Kier molecular flexibility index (Phi) is 3.93. The molecule has 0 aliphatic carbocycles. The van der Waals surface area contributed by atoms with Gasteiger partial charge in [-0.2, -0.15) is 0 Å². The van der Waals surface area contributed by atoms with Crippen molar-refractivity contribution in [2.45, 2.75) is 13.8 Å². The van der Waals surface area contributed by atoms with E-state index in [1.807, 2.05) is 31.2 Å². The second kappa shape index (κ2) is 5.23. The molecule has 1 rings (SSSR count). The molecule has 0 aromatic heterocycles. The first-order chi connectivity index (χ1) is 6.74. The van der Waals surface area contributed by atoms with E-state index < -0.39 is 0 Å². The molecule has 0 N–H and O–H groups in total.